The third-order valence-electron chi connectivity index (χ3n) is 2.23. The summed E-state index contributed by atoms with van der Waals surface area (Å²) in [7, 11) is 0. The van der Waals surface area contributed by atoms with Gasteiger partial charge in [-0.3, -0.25) is 0 Å². The second-order valence-electron chi connectivity index (χ2n) is 3.53. The second kappa shape index (κ2) is 6.43. The fourth-order valence-corrected chi connectivity index (χ4v) is 1.29. The van der Waals surface area contributed by atoms with Crippen molar-refractivity contribution in [2.45, 2.75) is 33.0 Å². The van der Waals surface area contributed by atoms with Gasteiger partial charge in [0.05, 0.1) is 13.2 Å². The molecule has 0 saturated heterocycles. The molecule has 1 rings (SSSR count). The van der Waals surface area contributed by atoms with Crippen LogP contribution < -0.4 is 0 Å². The number of aliphatic hydroxyl groups is 1. The van der Waals surface area contributed by atoms with Crippen LogP contribution in [0.4, 0.5) is 0 Å². The fourth-order valence-electron chi connectivity index (χ4n) is 1.29. The largest absolute Gasteiger partial charge is 0.508 e. The Labute approximate surface area is 90.3 Å². The molecule has 1 aromatic rings. The first kappa shape index (κ1) is 12.0. The Balaban J connectivity index is 2.47. The Morgan fingerprint density at radius 3 is 2.80 bits per heavy atom. The third-order valence-corrected chi connectivity index (χ3v) is 2.23. The molecule has 3 heteroatoms. The van der Waals surface area contributed by atoms with Crippen molar-refractivity contribution >= 4 is 0 Å². The molecule has 0 aromatic heterocycles. The molecule has 3 nitrogen and oxygen atoms in total. The summed E-state index contributed by atoms with van der Waals surface area (Å²) in [6.45, 7) is 3.27. The maximum Gasteiger partial charge on any atom is 0.121 e. The summed E-state index contributed by atoms with van der Waals surface area (Å²) in [5.74, 6) is 0.134. The van der Waals surface area contributed by atoms with Crippen LogP contribution in [0.3, 0.4) is 0 Å². The van der Waals surface area contributed by atoms with Gasteiger partial charge in [-0.05, 0) is 24.1 Å². The van der Waals surface area contributed by atoms with E-state index in [0.29, 0.717) is 12.2 Å². The van der Waals surface area contributed by atoms with E-state index in [2.05, 4.69) is 6.92 Å². The number of benzene rings is 1. The summed E-state index contributed by atoms with van der Waals surface area (Å²) in [6.07, 6.45) is 2.18. The molecule has 0 unspecified atom stereocenters. The van der Waals surface area contributed by atoms with Crippen LogP contribution in [0, 0.1) is 0 Å². The lowest BCUT2D eigenvalue weighted by Crippen LogP contribution is -1.96. The lowest BCUT2D eigenvalue weighted by molar-refractivity contribution is 0.118. The van der Waals surface area contributed by atoms with E-state index < -0.39 is 0 Å². The van der Waals surface area contributed by atoms with Crippen LogP contribution in [0.25, 0.3) is 0 Å². The normalized spacial score (nSPS) is 10.5. The van der Waals surface area contributed by atoms with Crippen molar-refractivity contribution < 1.29 is 14.9 Å². The zero-order chi connectivity index (χ0) is 11.1. The van der Waals surface area contributed by atoms with Crippen LogP contribution in [0.15, 0.2) is 18.2 Å². The highest BCUT2D eigenvalue weighted by atomic mass is 16.5. The smallest absolute Gasteiger partial charge is 0.121 e. The van der Waals surface area contributed by atoms with E-state index in [1.54, 1.807) is 18.2 Å². The van der Waals surface area contributed by atoms with Gasteiger partial charge in [-0.2, -0.15) is 0 Å². The fraction of sp³-hybridized carbons (Fsp3) is 0.500. The summed E-state index contributed by atoms with van der Waals surface area (Å²) in [5.41, 5.74) is 1.53. The molecule has 0 atom stereocenters. The van der Waals surface area contributed by atoms with E-state index in [1.807, 2.05) is 0 Å². The molecule has 0 aliphatic carbocycles. The van der Waals surface area contributed by atoms with Gasteiger partial charge >= 0.3 is 0 Å². The van der Waals surface area contributed by atoms with Gasteiger partial charge in [0.1, 0.15) is 5.75 Å². The highest BCUT2D eigenvalue weighted by molar-refractivity contribution is 5.35. The Kier molecular flexibility index (Phi) is 5.15. The quantitative estimate of drug-likeness (QED) is 0.708. The average Bonchev–Trinajstić information content (AvgIpc) is 2.26. The Morgan fingerprint density at radius 1 is 1.33 bits per heavy atom. The van der Waals surface area contributed by atoms with E-state index in [-0.39, 0.29) is 12.4 Å². The predicted molar refractivity (Wildman–Crippen MR) is 58.6 cm³/mol. The topological polar surface area (TPSA) is 49.7 Å². The summed E-state index contributed by atoms with van der Waals surface area (Å²) in [5, 5.41) is 18.3. The maximum atomic E-state index is 9.34. The minimum absolute atomic E-state index is 0.134. The SMILES string of the molecule is CCCCOCc1ccc(O)c(CO)c1. The van der Waals surface area contributed by atoms with Crippen molar-refractivity contribution in [3.8, 4) is 5.75 Å². The number of hydrogen-bond donors (Lipinski definition) is 2. The monoisotopic (exact) mass is 210 g/mol. The van der Waals surface area contributed by atoms with Crippen molar-refractivity contribution in [3.05, 3.63) is 29.3 Å². The van der Waals surface area contributed by atoms with Gasteiger partial charge in [-0.25, -0.2) is 0 Å². The standard InChI is InChI=1S/C12H18O3/c1-2-3-6-15-9-10-4-5-12(14)11(7-10)8-13/h4-5,7,13-14H,2-3,6,8-9H2,1H3. The third kappa shape index (κ3) is 3.90. The van der Waals surface area contributed by atoms with Gasteiger partial charge in [0.2, 0.25) is 0 Å². The van der Waals surface area contributed by atoms with E-state index in [1.165, 1.54) is 0 Å². The van der Waals surface area contributed by atoms with Gasteiger partial charge in [0, 0.05) is 12.2 Å². The lowest BCUT2D eigenvalue weighted by Gasteiger charge is -2.06. The summed E-state index contributed by atoms with van der Waals surface area (Å²) >= 11 is 0. The van der Waals surface area contributed by atoms with Gasteiger partial charge in [0.15, 0.2) is 0 Å². The van der Waals surface area contributed by atoms with Crippen LogP contribution in [-0.2, 0) is 18.0 Å². The van der Waals surface area contributed by atoms with Crippen molar-refractivity contribution in [2.75, 3.05) is 6.61 Å². The molecule has 0 fully saturated rings. The molecular formula is C12H18O3. The molecule has 15 heavy (non-hydrogen) atoms. The Hall–Kier alpha value is -1.06. The average molecular weight is 210 g/mol. The zero-order valence-electron chi connectivity index (χ0n) is 9.07. The molecule has 0 saturated carbocycles. The number of aliphatic hydroxyl groups excluding tert-OH is 1. The highest BCUT2D eigenvalue weighted by Gasteiger charge is 2.01. The maximum absolute atomic E-state index is 9.34. The van der Waals surface area contributed by atoms with E-state index in [4.69, 9.17) is 9.84 Å². The first-order chi connectivity index (χ1) is 7.27. The van der Waals surface area contributed by atoms with Crippen LogP contribution in [-0.4, -0.2) is 16.8 Å². The van der Waals surface area contributed by atoms with Crippen molar-refractivity contribution in [1.29, 1.82) is 0 Å². The van der Waals surface area contributed by atoms with Gasteiger partial charge in [-0.1, -0.05) is 19.4 Å². The number of unbranched alkanes of at least 4 members (excludes halogenated alkanes) is 1. The van der Waals surface area contributed by atoms with Crippen molar-refractivity contribution in [1.82, 2.24) is 0 Å². The van der Waals surface area contributed by atoms with Crippen molar-refractivity contribution in [2.24, 2.45) is 0 Å². The lowest BCUT2D eigenvalue weighted by atomic mass is 10.1. The molecule has 84 valence electrons. The van der Waals surface area contributed by atoms with E-state index >= 15 is 0 Å². The minimum atomic E-state index is -0.144. The summed E-state index contributed by atoms with van der Waals surface area (Å²) < 4.78 is 5.44. The molecule has 0 amide bonds. The second-order valence-corrected chi connectivity index (χ2v) is 3.53. The number of ether oxygens (including phenoxy) is 1. The Morgan fingerprint density at radius 2 is 2.13 bits per heavy atom. The number of hydrogen-bond acceptors (Lipinski definition) is 3. The number of aromatic hydroxyl groups is 1. The predicted octanol–water partition coefficient (Wildman–Crippen LogP) is 2.20. The number of phenols is 1. The molecule has 0 bridgehead atoms. The Bertz CT molecular complexity index is 297. The van der Waals surface area contributed by atoms with Crippen LogP contribution >= 0.6 is 0 Å². The zero-order valence-corrected chi connectivity index (χ0v) is 9.07. The van der Waals surface area contributed by atoms with Crippen molar-refractivity contribution in [3.63, 3.8) is 0 Å². The van der Waals surface area contributed by atoms with E-state index in [0.717, 1.165) is 25.0 Å². The molecule has 0 radical (unpaired) electrons. The number of rotatable bonds is 6. The first-order valence-corrected chi connectivity index (χ1v) is 5.27. The molecule has 0 spiro atoms. The van der Waals surface area contributed by atoms with Gasteiger partial charge in [-0.15, -0.1) is 0 Å². The van der Waals surface area contributed by atoms with Gasteiger partial charge < -0.3 is 14.9 Å². The van der Waals surface area contributed by atoms with Crippen LogP contribution in [0.5, 0.6) is 5.75 Å². The molecule has 0 heterocycles. The summed E-state index contributed by atoms with van der Waals surface area (Å²) in [4.78, 5) is 0. The van der Waals surface area contributed by atoms with Crippen LogP contribution in [0.2, 0.25) is 0 Å². The van der Waals surface area contributed by atoms with Gasteiger partial charge in [0.25, 0.3) is 0 Å². The molecular weight excluding hydrogens is 192 g/mol. The molecule has 0 aliphatic heterocycles. The van der Waals surface area contributed by atoms with Crippen LogP contribution in [0.1, 0.15) is 30.9 Å². The molecule has 1 aromatic carbocycles. The molecule has 0 aliphatic rings. The minimum Gasteiger partial charge on any atom is -0.508 e. The highest BCUT2D eigenvalue weighted by Crippen LogP contribution is 2.18. The van der Waals surface area contributed by atoms with E-state index in [9.17, 15) is 5.11 Å². The first-order valence-electron chi connectivity index (χ1n) is 5.27. The molecule has 2 N–H and O–H groups in total. The summed E-state index contributed by atoms with van der Waals surface area (Å²) in [6, 6.07) is 5.16.